The molecule has 0 spiro atoms. The number of benzene rings is 3. The third kappa shape index (κ3) is 26.5. The van der Waals surface area contributed by atoms with Gasteiger partial charge in [-0.15, -0.1) is 56.7 Å². The number of fused-ring (bicyclic) bond motifs is 2. The van der Waals surface area contributed by atoms with E-state index in [1.807, 2.05) is 142 Å². The summed E-state index contributed by atoms with van der Waals surface area (Å²) >= 11 is 8.05. The number of carboxylic acids is 1. The van der Waals surface area contributed by atoms with Gasteiger partial charge < -0.3 is 27.4 Å². The van der Waals surface area contributed by atoms with Crippen LogP contribution < -0.4 is 37.3 Å². The molecule has 2 bridgehead atoms. The highest BCUT2D eigenvalue weighted by molar-refractivity contribution is 7.10. The number of rotatable bonds is 7. The highest BCUT2D eigenvalue weighted by Crippen LogP contribution is 2.39. The molecule has 0 radical (unpaired) electrons. The number of H-pyrrole nitrogens is 2. The Labute approximate surface area is 700 Å². The lowest BCUT2D eigenvalue weighted by Gasteiger charge is -2.14. The molecule has 3 aliphatic heterocycles. The molecule has 3 N–H and O–H groups in total. The van der Waals surface area contributed by atoms with Crippen LogP contribution in [-0.2, 0) is 17.8 Å². The molecule has 3 saturated heterocycles. The Morgan fingerprint density at radius 2 is 0.897 bits per heavy atom. The van der Waals surface area contributed by atoms with Crippen LogP contribution in [0.1, 0.15) is 156 Å². The van der Waals surface area contributed by atoms with E-state index in [2.05, 4.69) is 174 Å². The predicted molar refractivity (Wildman–Crippen MR) is 449 cm³/mol. The molecule has 3 aliphatic rings. The summed E-state index contributed by atoms with van der Waals surface area (Å²) in [5, 5.41) is 33.0. The number of hydrogen-bond acceptors (Lipinski definition) is 18. The minimum absolute atomic E-state index is 0. The third-order valence-corrected chi connectivity index (χ3v) is 21.9. The van der Waals surface area contributed by atoms with Gasteiger partial charge in [-0.05, 0) is 207 Å². The second-order valence-electron chi connectivity index (χ2n) is 26.6. The maximum atomic E-state index is 13.9. The third-order valence-electron chi connectivity index (χ3n) is 18.0. The number of aromatic amines is 2. The van der Waals surface area contributed by atoms with Crippen LogP contribution in [-0.4, -0.2) is 82.3 Å². The molecule has 0 atom stereocenters. The van der Waals surface area contributed by atoms with Crippen molar-refractivity contribution in [1.82, 2.24) is 39.9 Å². The molecule has 0 unspecified atom stereocenters. The first kappa shape index (κ1) is 86.8. The number of thiazole rings is 5. The minimum Gasteiger partial charge on any atom is -1.00 e. The van der Waals surface area contributed by atoms with E-state index >= 15 is 0 Å². The molecule has 13 heterocycles. The number of carbonyl (C=O) groups excluding carboxylic acids is 1. The molecule has 3 fully saturated rings. The molecular weight excluding hydrogens is 1580 g/mol. The number of aromatic nitrogens is 10. The molecule has 15 nitrogen and oxygen atoms in total. The number of nitrogens with zero attached hydrogens (tertiary/aromatic N) is 10. The Kier molecular flexibility index (Phi) is 32.3. The van der Waals surface area contributed by atoms with Gasteiger partial charge in [-0.1, -0.05) is 90.6 Å². The Balaban J connectivity index is 0.000000150. The molecule has 0 amide bonds. The fourth-order valence-corrected chi connectivity index (χ4v) is 15.1. The van der Waals surface area contributed by atoms with Crippen LogP contribution in [0, 0.1) is 107 Å². The van der Waals surface area contributed by atoms with Gasteiger partial charge in [0.05, 0.1) is 85.0 Å². The van der Waals surface area contributed by atoms with Crippen LogP contribution in [0.5, 0.6) is 0 Å². The van der Waals surface area contributed by atoms with Gasteiger partial charge in [0.15, 0.2) is 0 Å². The van der Waals surface area contributed by atoms with Crippen LogP contribution in [0.25, 0.3) is 33.8 Å². The molecule has 0 aliphatic carbocycles. The van der Waals surface area contributed by atoms with E-state index in [4.69, 9.17) is 9.90 Å². The average molecular weight is 1660 g/mol. The van der Waals surface area contributed by atoms with Crippen molar-refractivity contribution in [2.75, 3.05) is 22.9 Å². The van der Waals surface area contributed by atoms with E-state index in [1.165, 1.54) is 80.2 Å². The van der Waals surface area contributed by atoms with Gasteiger partial charge in [0.2, 0.25) is 0 Å². The first-order valence-corrected chi connectivity index (χ1v) is 41.6. The summed E-state index contributed by atoms with van der Waals surface area (Å²) in [5.41, 5.74) is 17.0. The van der Waals surface area contributed by atoms with Gasteiger partial charge in [0.1, 0.15) is 52.6 Å². The highest BCUT2D eigenvalue weighted by Gasteiger charge is 2.45. The van der Waals surface area contributed by atoms with Gasteiger partial charge in [0.25, 0.3) is 11.6 Å². The lowest BCUT2D eigenvalue weighted by Crippen LogP contribution is -3.00. The van der Waals surface area contributed by atoms with Gasteiger partial charge in [-0.3, -0.25) is 24.8 Å². The summed E-state index contributed by atoms with van der Waals surface area (Å²) in [6, 6.07) is 42.7. The zero-order valence-corrected chi connectivity index (χ0v) is 69.5. The lowest BCUT2D eigenvalue weighted by molar-refractivity contribution is -0.364. The number of alkyl halides is 3. The Morgan fingerprint density at radius 1 is 0.491 bits per heavy atom. The fraction of sp³-hybridized carbons (Fsp3) is 0.242. The molecule has 116 heavy (non-hydrogen) atoms. The number of aliphatic hydroxyl groups excluding tert-OH is 1. The van der Waals surface area contributed by atoms with Crippen molar-refractivity contribution >= 4 is 74.3 Å². The molecular formula is C91H81ClF4N12O3S5. The monoisotopic (exact) mass is 1660 g/mol. The Bertz CT molecular complexity index is 5720. The van der Waals surface area contributed by atoms with Crippen LogP contribution in [0.2, 0.25) is 0 Å². The Morgan fingerprint density at radius 3 is 1.28 bits per heavy atom. The highest BCUT2D eigenvalue weighted by atomic mass is 35.5. The topological polar surface area (TPSA) is 198 Å². The number of halogens is 5. The molecule has 10 aromatic heterocycles. The first-order valence-electron chi connectivity index (χ1n) is 37.2. The van der Waals surface area contributed by atoms with E-state index in [9.17, 15) is 22.7 Å². The number of carboxylic acid groups (broad SMARTS) is 1. The SMILES string of the molecule is CCc1ccccc1-c1ccc(C#Cc2csc(C)n2)cn1.Cc1ccc(F)c(-c2ccc(C#Cc3csc(C)n3)cn2)c1.Cc1nc(C#Cc2ccc(-c3cccc(CO)c3)nc2)cs1.Cc1nc(C#Cc2ccc(N3C4CCC3CC4)[nH+]c2)cs1.Cc1nc(C#Cc2ccc(N3CCCCCC3)[nH+]c2)cs1.O=C([O-])C(F)(F)F.[Cl-]. The lowest BCUT2D eigenvalue weighted by atomic mass is 10.0. The van der Waals surface area contributed by atoms with E-state index in [0.29, 0.717) is 11.3 Å². The minimum atomic E-state index is -5.19. The van der Waals surface area contributed by atoms with Crippen LogP contribution in [0.3, 0.4) is 0 Å². The van der Waals surface area contributed by atoms with Crippen LogP contribution >= 0.6 is 56.7 Å². The number of aliphatic hydroxyl groups is 1. The maximum absolute atomic E-state index is 13.9. The van der Waals surface area contributed by atoms with E-state index in [-0.39, 0.29) is 24.8 Å². The first-order chi connectivity index (χ1) is 55.7. The second-order valence-corrected chi connectivity index (χ2v) is 32.0. The summed E-state index contributed by atoms with van der Waals surface area (Å²) in [7, 11) is 0. The van der Waals surface area contributed by atoms with Crippen LogP contribution in [0.4, 0.5) is 29.2 Å². The summed E-state index contributed by atoms with van der Waals surface area (Å²) in [6.07, 6.45) is 15.7. The Hall–Kier alpha value is -11.6. The molecule has 588 valence electrons. The van der Waals surface area contributed by atoms with E-state index in [0.717, 1.165) is 141 Å². The van der Waals surface area contributed by atoms with Crippen LogP contribution in [0.15, 0.2) is 185 Å². The zero-order valence-electron chi connectivity index (χ0n) is 64.7. The number of pyridine rings is 5. The second kappa shape index (κ2) is 43.2. The quantitative estimate of drug-likeness (QED) is 0.117. The van der Waals surface area contributed by atoms with Crippen molar-refractivity contribution in [1.29, 1.82) is 0 Å². The number of nitrogens with one attached hydrogen (secondary N) is 2. The van der Waals surface area contributed by atoms with Crippen molar-refractivity contribution in [3.8, 4) is 93.0 Å². The molecule has 16 rings (SSSR count). The largest absolute Gasteiger partial charge is 1.00 e. The van der Waals surface area contributed by atoms with Gasteiger partial charge >= 0.3 is 6.18 Å². The number of carbonyl (C=O) groups is 1. The summed E-state index contributed by atoms with van der Waals surface area (Å²) in [6.45, 7) is 16.3. The normalized spacial score (nSPS) is 13.4. The van der Waals surface area contributed by atoms with Crippen molar-refractivity contribution < 1.29 is 54.9 Å². The van der Waals surface area contributed by atoms with Crippen molar-refractivity contribution in [2.45, 2.75) is 131 Å². The number of aliphatic carboxylic acids is 1. The van der Waals surface area contributed by atoms with Crippen molar-refractivity contribution in [2.24, 2.45) is 0 Å². The number of hydrogen-bond donors (Lipinski definition) is 1. The predicted octanol–water partition coefficient (Wildman–Crippen LogP) is 14.4. The number of anilines is 2. The molecule has 0 saturated carbocycles. The average Bonchev–Trinajstić information content (AvgIpc) is 1.63. The van der Waals surface area contributed by atoms with E-state index in [1.54, 1.807) is 87.3 Å². The zero-order chi connectivity index (χ0) is 81.1. The fourth-order valence-electron chi connectivity index (χ4n) is 12.4. The molecule has 13 aromatic rings. The molecule has 3 aromatic carbocycles. The standard InChI is InChI=1S/C19H16N2S.C18H13FN2S.C18H14N2OS.C17H17N3S.C17H19N3S.C2HF3O2.ClH/c1-3-16-6-4-5-7-18(16)19-11-9-15(12-20-19)8-10-17-13-22-14(2)21-17;1-12-3-7-17(19)16(9-12)18-8-5-14(10-20-18)4-6-15-11-22-13(2)21-15;1-13-20-17(12-22-13)7-5-14-6-8-18(19-10-14)16-4-2-3-15(9-16)11-21;1-12-19-14(11-21-12)4-2-13-3-9-17(18-10-13)20-15-5-6-16(20)8-7-15;1-14-19-16(13-21-14)8-6-15-7-9-17(18-12-15)20-10-4-2-3-5-11-20;3-2(4,5)1(6)7;/h4-7,9,11-13H,3H2,1-2H3;3,5,7-11H,1-2H3;2-4,6,8-10,12,21H,11H2,1H3;3,9-11,15-16H,5-8H2,1H3;7,9,12-13H,2-5,10-11H2,1H3;(H,6,7);1H. The number of aryl methyl sites for hydroxylation is 7. The van der Waals surface area contributed by atoms with E-state index < -0.39 is 12.1 Å². The summed E-state index contributed by atoms with van der Waals surface area (Å²) in [5.74, 6) is 30.0. The van der Waals surface area contributed by atoms with Crippen molar-refractivity contribution in [3.05, 3.63) is 289 Å². The van der Waals surface area contributed by atoms with Gasteiger partial charge in [-0.2, -0.15) is 13.2 Å². The maximum Gasteiger partial charge on any atom is 0.430 e. The van der Waals surface area contributed by atoms with Gasteiger partial charge in [0, 0.05) is 91.0 Å². The molecule has 25 heteroatoms. The smallest absolute Gasteiger partial charge is 0.430 e. The van der Waals surface area contributed by atoms with Crippen molar-refractivity contribution in [3.63, 3.8) is 0 Å². The van der Waals surface area contributed by atoms with Gasteiger partial charge in [-0.25, -0.2) is 39.3 Å². The summed E-state index contributed by atoms with van der Waals surface area (Å²) in [4.78, 5) is 55.6. The summed E-state index contributed by atoms with van der Waals surface area (Å²) < 4.78 is 45.4.